The van der Waals surface area contributed by atoms with Crippen molar-refractivity contribution in [2.75, 3.05) is 6.61 Å². The van der Waals surface area contributed by atoms with Crippen molar-refractivity contribution in [3.8, 4) is 0 Å². The van der Waals surface area contributed by atoms with E-state index in [9.17, 15) is 15.0 Å². The van der Waals surface area contributed by atoms with E-state index < -0.39 is 12.1 Å². The average molecular weight is 862 g/mol. The van der Waals surface area contributed by atoms with Crippen LogP contribution in [-0.4, -0.2) is 34.9 Å². The number of aliphatic hydroxyl groups excluding tert-OH is 2. The molecule has 0 aliphatic heterocycles. The van der Waals surface area contributed by atoms with E-state index in [1.165, 1.54) is 161 Å². The number of hydrogen-bond donors (Lipinski definition) is 3. The van der Waals surface area contributed by atoms with E-state index >= 15 is 0 Å². The largest absolute Gasteiger partial charge is 0.394 e. The van der Waals surface area contributed by atoms with Crippen molar-refractivity contribution in [1.29, 1.82) is 0 Å². The maximum Gasteiger partial charge on any atom is 0.220 e. The molecule has 0 rings (SSSR count). The first-order valence-corrected chi connectivity index (χ1v) is 26.8. The monoisotopic (exact) mass is 862 g/mol. The summed E-state index contributed by atoms with van der Waals surface area (Å²) in [5, 5.41) is 23.1. The second-order valence-corrected chi connectivity index (χ2v) is 17.9. The van der Waals surface area contributed by atoms with Crippen LogP contribution in [0.15, 0.2) is 85.1 Å². The minimum Gasteiger partial charge on any atom is -0.394 e. The van der Waals surface area contributed by atoms with Crippen LogP contribution in [0, 0.1) is 0 Å². The van der Waals surface area contributed by atoms with Gasteiger partial charge in [0.2, 0.25) is 5.91 Å². The SMILES string of the molecule is CC/C=C\C/C=C\C/C=C\C/C=C\C/C=C\C/C=C\C/C=C\CCCCCCCCCCCCCCCCCCCCCC(=O)NC(CO)C(O)CCCCCCCCCCC. The van der Waals surface area contributed by atoms with Crippen LogP contribution < -0.4 is 5.32 Å². The number of aliphatic hydroxyl groups is 2. The lowest BCUT2D eigenvalue weighted by Gasteiger charge is -2.22. The van der Waals surface area contributed by atoms with Gasteiger partial charge < -0.3 is 15.5 Å². The Morgan fingerprint density at radius 3 is 1.06 bits per heavy atom. The fourth-order valence-corrected chi connectivity index (χ4v) is 7.87. The van der Waals surface area contributed by atoms with Gasteiger partial charge in [0.05, 0.1) is 18.8 Å². The highest BCUT2D eigenvalue weighted by Gasteiger charge is 2.20. The zero-order chi connectivity index (χ0) is 44.9. The Morgan fingerprint density at radius 1 is 0.403 bits per heavy atom. The highest BCUT2D eigenvalue weighted by molar-refractivity contribution is 5.76. The van der Waals surface area contributed by atoms with Crippen LogP contribution in [0.3, 0.4) is 0 Å². The molecule has 0 saturated carbocycles. The molecule has 0 radical (unpaired) electrons. The zero-order valence-corrected chi connectivity index (χ0v) is 41.1. The second kappa shape index (κ2) is 52.9. The molecule has 3 N–H and O–H groups in total. The number of carbonyl (C=O) groups is 1. The van der Waals surface area contributed by atoms with Crippen molar-refractivity contribution in [2.24, 2.45) is 0 Å². The second-order valence-electron chi connectivity index (χ2n) is 17.9. The first kappa shape index (κ1) is 59.6. The minimum absolute atomic E-state index is 0.0334. The predicted molar refractivity (Wildman–Crippen MR) is 276 cm³/mol. The number of rotatable bonds is 48. The molecule has 0 fully saturated rings. The Kier molecular flexibility index (Phi) is 50.8. The van der Waals surface area contributed by atoms with E-state index in [1.54, 1.807) is 0 Å². The summed E-state index contributed by atoms with van der Waals surface area (Å²) in [5.74, 6) is -0.0334. The lowest BCUT2D eigenvalue weighted by Crippen LogP contribution is -2.45. The molecule has 1 amide bonds. The van der Waals surface area contributed by atoms with Gasteiger partial charge in [-0.3, -0.25) is 4.79 Å². The topological polar surface area (TPSA) is 69.6 Å². The molecule has 2 unspecified atom stereocenters. The van der Waals surface area contributed by atoms with Crippen molar-refractivity contribution in [1.82, 2.24) is 5.32 Å². The Bertz CT molecular complexity index is 1110. The summed E-state index contributed by atoms with van der Waals surface area (Å²) in [6.07, 6.45) is 77.2. The van der Waals surface area contributed by atoms with Crippen molar-refractivity contribution in [2.45, 2.75) is 270 Å². The van der Waals surface area contributed by atoms with Crippen LogP contribution >= 0.6 is 0 Å². The molecular weight excluding hydrogens is 759 g/mol. The summed E-state index contributed by atoms with van der Waals surface area (Å²) in [5.41, 5.74) is 0. The zero-order valence-electron chi connectivity index (χ0n) is 41.1. The highest BCUT2D eigenvalue weighted by atomic mass is 16.3. The van der Waals surface area contributed by atoms with Crippen molar-refractivity contribution in [3.05, 3.63) is 85.1 Å². The Morgan fingerprint density at radius 2 is 0.710 bits per heavy atom. The van der Waals surface area contributed by atoms with Crippen LogP contribution in [0.5, 0.6) is 0 Å². The number of carbonyl (C=O) groups excluding carboxylic acids is 1. The van der Waals surface area contributed by atoms with Crippen molar-refractivity contribution >= 4 is 5.91 Å². The highest BCUT2D eigenvalue weighted by Crippen LogP contribution is 2.16. The summed E-state index contributed by atoms with van der Waals surface area (Å²) in [6.45, 7) is 4.22. The molecule has 0 heterocycles. The van der Waals surface area contributed by atoms with Crippen LogP contribution in [0.25, 0.3) is 0 Å². The van der Waals surface area contributed by atoms with E-state index in [0.29, 0.717) is 12.8 Å². The molecule has 0 aliphatic rings. The lowest BCUT2D eigenvalue weighted by atomic mass is 10.0. The van der Waals surface area contributed by atoms with Gasteiger partial charge in [0.15, 0.2) is 0 Å². The molecular formula is C58H103NO3. The molecule has 2 atom stereocenters. The van der Waals surface area contributed by atoms with Crippen molar-refractivity contribution < 1.29 is 15.0 Å². The molecule has 0 aromatic heterocycles. The quantitative estimate of drug-likeness (QED) is 0.0422. The molecule has 62 heavy (non-hydrogen) atoms. The van der Waals surface area contributed by atoms with Gasteiger partial charge in [-0.05, 0) is 70.6 Å². The van der Waals surface area contributed by atoms with Crippen LogP contribution in [0.4, 0.5) is 0 Å². The summed E-state index contributed by atoms with van der Waals surface area (Å²) >= 11 is 0. The Balaban J connectivity index is 3.43. The van der Waals surface area contributed by atoms with Gasteiger partial charge in [-0.2, -0.15) is 0 Å². The van der Waals surface area contributed by atoms with E-state index in [0.717, 1.165) is 70.6 Å². The normalized spacial score (nSPS) is 13.5. The molecule has 0 spiro atoms. The average Bonchev–Trinajstić information content (AvgIpc) is 3.28. The molecule has 0 bridgehead atoms. The fraction of sp³-hybridized carbons (Fsp3) is 0.741. The number of hydrogen-bond acceptors (Lipinski definition) is 3. The van der Waals surface area contributed by atoms with Crippen molar-refractivity contribution in [3.63, 3.8) is 0 Å². The van der Waals surface area contributed by atoms with Gasteiger partial charge in [-0.25, -0.2) is 0 Å². The first-order chi connectivity index (χ1) is 30.7. The smallest absolute Gasteiger partial charge is 0.220 e. The van der Waals surface area contributed by atoms with Gasteiger partial charge in [-0.1, -0.05) is 266 Å². The molecule has 0 saturated heterocycles. The van der Waals surface area contributed by atoms with Gasteiger partial charge >= 0.3 is 0 Å². The fourth-order valence-electron chi connectivity index (χ4n) is 7.87. The maximum absolute atomic E-state index is 12.4. The molecule has 0 aromatic rings. The minimum atomic E-state index is -0.658. The third-order valence-electron chi connectivity index (χ3n) is 11.9. The summed E-state index contributed by atoms with van der Waals surface area (Å²) in [4.78, 5) is 12.4. The number of nitrogens with one attached hydrogen (secondary N) is 1. The number of unbranched alkanes of at least 4 members (excludes halogenated alkanes) is 27. The molecule has 4 nitrogen and oxygen atoms in total. The number of allylic oxidation sites excluding steroid dienone is 14. The standard InChI is InChI=1S/C58H103NO3/c1-3-5-7-9-11-13-14-15-16-17-18-19-20-21-22-23-24-25-26-27-28-29-30-31-32-33-34-35-36-37-38-39-40-41-42-43-44-46-48-50-52-54-58(62)59-56(55-60)57(61)53-51-49-47-45-12-10-8-6-4-2/h5,7,11,13,15-16,18-19,21-22,24-25,27-28,56-57,60-61H,3-4,6,8-10,12,14,17,20,23,26,29-55H2,1-2H3,(H,59,62)/b7-5-,13-11-,16-15-,19-18-,22-21-,25-24-,28-27-. The van der Waals surface area contributed by atoms with Gasteiger partial charge in [0, 0.05) is 6.42 Å². The summed E-state index contributed by atoms with van der Waals surface area (Å²) < 4.78 is 0. The summed E-state index contributed by atoms with van der Waals surface area (Å²) in [6, 6.07) is -0.535. The van der Waals surface area contributed by atoms with E-state index in [-0.39, 0.29) is 12.5 Å². The van der Waals surface area contributed by atoms with Gasteiger partial charge in [0.1, 0.15) is 0 Å². The van der Waals surface area contributed by atoms with Gasteiger partial charge in [-0.15, -0.1) is 0 Å². The van der Waals surface area contributed by atoms with Crippen LogP contribution in [0.1, 0.15) is 258 Å². The molecule has 4 heteroatoms. The predicted octanol–water partition coefficient (Wildman–Crippen LogP) is 17.6. The molecule has 358 valence electrons. The Labute approximate surface area is 386 Å². The molecule has 0 aromatic carbocycles. The third-order valence-corrected chi connectivity index (χ3v) is 11.9. The third kappa shape index (κ3) is 48.6. The first-order valence-electron chi connectivity index (χ1n) is 26.8. The van der Waals surface area contributed by atoms with Gasteiger partial charge in [0.25, 0.3) is 0 Å². The maximum atomic E-state index is 12.4. The van der Waals surface area contributed by atoms with Crippen LogP contribution in [-0.2, 0) is 4.79 Å². The molecule has 0 aliphatic carbocycles. The van der Waals surface area contributed by atoms with E-state index in [4.69, 9.17) is 0 Å². The summed E-state index contributed by atoms with van der Waals surface area (Å²) in [7, 11) is 0. The number of amides is 1. The van der Waals surface area contributed by atoms with E-state index in [2.05, 4.69) is 104 Å². The van der Waals surface area contributed by atoms with E-state index in [1.807, 2.05) is 0 Å². The lowest BCUT2D eigenvalue weighted by molar-refractivity contribution is -0.123. The van der Waals surface area contributed by atoms with Crippen LogP contribution in [0.2, 0.25) is 0 Å². The Hall–Kier alpha value is -2.43.